The Balaban J connectivity index is 0.000000330. The van der Waals surface area contributed by atoms with Crippen molar-refractivity contribution in [2.75, 3.05) is 0 Å². The first-order valence-electron chi connectivity index (χ1n) is 8.22. The highest BCUT2D eigenvalue weighted by Crippen LogP contribution is 2.41. The Hall–Kier alpha value is -1.98. The van der Waals surface area contributed by atoms with E-state index < -0.39 is 51.6 Å². The number of alkyl halides is 9. The number of halogens is 11. The molecule has 0 heterocycles. The Bertz CT molecular complexity index is 978. The summed E-state index contributed by atoms with van der Waals surface area (Å²) in [5.74, 6) is -0.446. The largest absolute Gasteiger partial charge is 0.421 e. The standard InChI is InChI=1S/C10H7ClF6O.C9H6ClF3O/c1-8(18,10(15,16)17)5-2-6(9(12,13)14)4-7(11)3-5;1-5(14)6-2-7(9(11,12)13)4-8(10)3-6/h2-4,18H,1H3;2-4H,1H3. The average Bonchev–Trinajstić information content (AvgIpc) is 2.58. The molecule has 1 unspecified atom stereocenters. The summed E-state index contributed by atoms with van der Waals surface area (Å²) in [6.45, 7) is 1.55. The molecule has 0 amide bonds. The van der Waals surface area contributed by atoms with E-state index in [0.29, 0.717) is 19.1 Å². The van der Waals surface area contributed by atoms with Crippen LogP contribution in [0.15, 0.2) is 36.4 Å². The molecule has 0 saturated heterocycles. The molecule has 0 aliphatic carbocycles. The summed E-state index contributed by atoms with van der Waals surface area (Å²) in [5, 5.41) is 8.66. The van der Waals surface area contributed by atoms with E-state index in [1.807, 2.05) is 0 Å². The van der Waals surface area contributed by atoms with Gasteiger partial charge in [0.15, 0.2) is 11.4 Å². The van der Waals surface area contributed by atoms with E-state index >= 15 is 0 Å². The molecule has 2 aromatic rings. The van der Waals surface area contributed by atoms with Gasteiger partial charge in [0, 0.05) is 15.6 Å². The molecule has 0 bridgehead atoms. The van der Waals surface area contributed by atoms with E-state index in [1.54, 1.807) is 0 Å². The quantitative estimate of drug-likeness (QED) is 0.329. The van der Waals surface area contributed by atoms with Gasteiger partial charge in [0.2, 0.25) is 0 Å². The number of Topliss-reactive ketones (excluding diaryl/α,β-unsaturated/α-hetero) is 1. The lowest BCUT2D eigenvalue weighted by Gasteiger charge is -2.27. The Labute approximate surface area is 185 Å². The third-order valence-corrected chi connectivity index (χ3v) is 4.41. The van der Waals surface area contributed by atoms with Crippen LogP contribution in [0, 0.1) is 0 Å². The van der Waals surface area contributed by atoms with E-state index in [4.69, 9.17) is 23.2 Å². The molecule has 1 N–H and O–H groups in total. The van der Waals surface area contributed by atoms with Gasteiger partial charge in [-0.15, -0.1) is 0 Å². The second-order valence-electron chi connectivity index (χ2n) is 6.58. The lowest BCUT2D eigenvalue weighted by Crippen LogP contribution is -2.39. The summed E-state index contributed by atoms with van der Waals surface area (Å²) in [6, 6.07) is 4.13. The molecule has 0 aliphatic heterocycles. The van der Waals surface area contributed by atoms with Gasteiger partial charge in [-0.25, -0.2) is 0 Å². The van der Waals surface area contributed by atoms with Gasteiger partial charge in [-0.05, 0) is 55.8 Å². The monoisotopic (exact) mass is 514 g/mol. The molecule has 0 saturated carbocycles. The molecule has 0 radical (unpaired) electrons. The lowest BCUT2D eigenvalue weighted by molar-refractivity contribution is -0.259. The third-order valence-electron chi connectivity index (χ3n) is 3.97. The summed E-state index contributed by atoms with van der Waals surface area (Å²) in [5.41, 5.74) is -6.66. The van der Waals surface area contributed by atoms with Gasteiger partial charge in [0.25, 0.3) is 0 Å². The minimum absolute atomic E-state index is 0.0372. The molecule has 2 rings (SSSR count). The minimum Gasteiger partial charge on any atom is -0.376 e. The van der Waals surface area contributed by atoms with Crippen LogP contribution in [0.3, 0.4) is 0 Å². The van der Waals surface area contributed by atoms with Crippen molar-refractivity contribution in [2.45, 2.75) is 38.0 Å². The van der Waals surface area contributed by atoms with E-state index in [9.17, 15) is 49.4 Å². The van der Waals surface area contributed by atoms with Crippen LogP contribution in [-0.4, -0.2) is 17.1 Å². The number of carbonyl (C=O) groups excluding carboxylic acids is 1. The molecule has 0 spiro atoms. The Morgan fingerprint density at radius 3 is 1.47 bits per heavy atom. The molecule has 32 heavy (non-hydrogen) atoms. The fourth-order valence-corrected chi connectivity index (χ4v) is 2.62. The Morgan fingerprint density at radius 2 is 1.09 bits per heavy atom. The smallest absolute Gasteiger partial charge is 0.376 e. The van der Waals surface area contributed by atoms with Crippen LogP contribution in [-0.2, 0) is 18.0 Å². The van der Waals surface area contributed by atoms with Crippen molar-refractivity contribution in [3.63, 3.8) is 0 Å². The van der Waals surface area contributed by atoms with Crippen molar-refractivity contribution in [1.82, 2.24) is 0 Å². The van der Waals surface area contributed by atoms with Crippen molar-refractivity contribution in [2.24, 2.45) is 0 Å². The maximum absolute atomic E-state index is 12.5. The first-order valence-corrected chi connectivity index (χ1v) is 8.98. The van der Waals surface area contributed by atoms with Gasteiger partial charge in [0.1, 0.15) is 0 Å². The first kappa shape index (κ1) is 28.1. The number of ketones is 1. The predicted octanol–water partition coefficient (Wildman–Crippen LogP) is 7.69. The van der Waals surface area contributed by atoms with Gasteiger partial charge in [0.05, 0.1) is 11.1 Å². The van der Waals surface area contributed by atoms with Crippen LogP contribution >= 0.6 is 23.2 Å². The van der Waals surface area contributed by atoms with Crippen molar-refractivity contribution in [3.8, 4) is 0 Å². The number of hydrogen-bond acceptors (Lipinski definition) is 2. The van der Waals surface area contributed by atoms with Crippen LogP contribution in [0.1, 0.15) is 40.9 Å². The molecule has 2 aromatic carbocycles. The van der Waals surface area contributed by atoms with Crippen LogP contribution < -0.4 is 0 Å². The van der Waals surface area contributed by atoms with E-state index in [2.05, 4.69) is 0 Å². The Morgan fingerprint density at radius 1 is 0.719 bits per heavy atom. The fourth-order valence-electron chi connectivity index (χ4n) is 2.15. The second kappa shape index (κ2) is 9.48. The zero-order chi connectivity index (χ0) is 25.3. The lowest BCUT2D eigenvalue weighted by atomic mass is 9.93. The maximum Gasteiger partial charge on any atom is 0.421 e. The maximum atomic E-state index is 12.5. The van der Waals surface area contributed by atoms with Gasteiger partial charge in [-0.1, -0.05) is 23.2 Å². The summed E-state index contributed by atoms with van der Waals surface area (Å²) in [7, 11) is 0. The van der Waals surface area contributed by atoms with Crippen molar-refractivity contribution in [3.05, 3.63) is 68.7 Å². The second-order valence-corrected chi connectivity index (χ2v) is 7.45. The number of aliphatic hydroxyl groups is 1. The van der Waals surface area contributed by atoms with Crippen LogP contribution in [0.5, 0.6) is 0 Å². The molecular formula is C19H13Cl2F9O2. The number of hydrogen-bond donors (Lipinski definition) is 1. The molecule has 1 atom stereocenters. The third kappa shape index (κ3) is 7.28. The molecule has 2 nitrogen and oxygen atoms in total. The number of carbonyl (C=O) groups is 1. The number of rotatable bonds is 2. The van der Waals surface area contributed by atoms with Crippen molar-refractivity contribution in [1.29, 1.82) is 0 Å². The van der Waals surface area contributed by atoms with Gasteiger partial charge >= 0.3 is 18.5 Å². The van der Waals surface area contributed by atoms with Gasteiger partial charge in [-0.2, -0.15) is 39.5 Å². The van der Waals surface area contributed by atoms with E-state index in [0.717, 1.165) is 12.1 Å². The average molecular weight is 515 g/mol. The summed E-state index contributed by atoms with van der Waals surface area (Å²) in [6.07, 6.45) is -14.4. The van der Waals surface area contributed by atoms with Crippen LogP contribution in [0.4, 0.5) is 39.5 Å². The van der Waals surface area contributed by atoms with Gasteiger partial charge in [-0.3, -0.25) is 4.79 Å². The molecule has 178 valence electrons. The predicted molar refractivity (Wildman–Crippen MR) is 98.5 cm³/mol. The highest BCUT2D eigenvalue weighted by molar-refractivity contribution is 6.31. The van der Waals surface area contributed by atoms with Crippen LogP contribution in [0.2, 0.25) is 10.0 Å². The summed E-state index contributed by atoms with van der Waals surface area (Å²) >= 11 is 10.8. The van der Waals surface area contributed by atoms with Crippen molar-refractivity contribution < 1.29 is 49.4 Å². The molecule has 13 heteroatoms. The van der Waals surface area contributed by atoms with E-state index in [-0.39, 0.29) is 16.7 Å². The topological polar surface area (TPSA) is 37.3 Å². The highest BCUT2D eigenvalue weighted by Gasteiger charge is 2.51. The molecule has 0 fully saturated rings. The molecular weight excluding hydrogens is 502 g/mol. The minimum atomic E-state index is -5.11. The van der Waals surface area contributed by atoms with E-state index in [1.165, 1.54) is 13.0 Å². The zero-order valence-electron chi connectivity index (χ0n) is 16.0. The highest BCUT2D eigenvalue weighted by atomic mass is 35.5. The number of benzene rings is 2. The van der Waals surface area contributed by atoms with Crippen LogP contribution in [0.25, 0.3) is 0 Å². The summed E-state index contributed by atoms with van der Waals surface area (Å²) in [4.78, 5) is 10.9. The molecule has 0 aromatic heterocycles. The van der Waals surface area contributed by atoms with Gasteiger partial charge < -0.3 is 5.11 Å². The van der Waals surface area contributed by atoms with Crippen molar-refractivity contribution >= 4 is 29.0 Å². The normalized spacial score (nSPS) is 14.3. The molecule has 0 aliphatic rings. The SMILES string of the molecule is CC(=O)c1cc(Cl)cc(C(F)(F)F)c1.CC(O)(c1cc(Cl)cc(C(F)(F)F)c1)C(F)(F)F. The fraction of sp³-hybridized carbons (Fsp3) is 0.316. The zero-order valence-corrected chi connectivity index (χ0v) is 17.5. The summed E-state index contributed by atoms with van der Waals surface area (Å²) < 4.78 is 111. The Kier molecular flexibility index (Phi) is 8.31. The first-order chi connectivity index (χ1) is 14.2.